The molecule has 0 radical (unpaired) electrons. The van der Waals surface area contributed by atoms with Crippen LogP contribution in [0, 0.1) is 5.92 Å². The van der Waals surface area contributed by atoms with Crippen LogP contribution in [0.1, 0.15) is 23.2 Å². The van der Waals surface area contributed by atoms with Gasteiger partial charge in [0.1, 0.15) is 0 Å². The number of likely N-dealkylation sites (tertiary alicyclic amines) is 1. The number of benzene rings is 1. The number of piperidine rings is 1. The van der Waals surface area contributed by atoms with Crippen LogP contribution in [0.25, 0.3) is 10.9 Å². The minimum absolute atomic E-state index is 0.0685. The fraction of sp³-hybridized carbons (Fsp3) is 0.263. The molecule has 0 bridgehead atoms. The quantitative estimate of drug-likeness (QED) is 0.772. The number of nitrogens with one attached hydrogen (secondary N) is 1. The Kier molecular flexibility index (Phi) is 4.62. The fourth-order valence-electron chi connectivity index (χ4n) is 3.32. The number of hydrogen-bond acceptors (Lipinski definition) is 5. The molecule has 132 valence electrons. The number of carbonyl (C=O) groups excluding carboxylic acids is 2. The van der Waals surface area contributed by atoms with Gasteiger partial charge in [-0.15, -0.1) is 11.3 Å². The maximum atomic E-state index is 13.0. The number of rotatable bonds is 3. The van der Waals surface area contributed by atoms with Gasteiger partial charge in [0, 0.05) is 36.2 Å². The average Bonchev–Trinajstić information content (AvgIpc) is 3.20. The normalized spacial score (nSPS) is 17.2. The second kappa shape index (κ2) is 7.21. The molecule has 1 aliphatic heterocycles. The van der Waals surface area contributed by atoms with E-state index >= 15 is 0 Å². The molecular formula is C19H18N4O2S. The van der Waals surface area contributed by atoms with E-state index in [4.69, 9.17) is 0 Å². The summed E-state index contributed by atoms with van der Waals surface area (Å²) in [6.45, 7) is 1.07. The molecular weight excluding hydrogens is 348 g/mol. The summed E-state index contributed by atoms with van der Waals surface area (Å²) in [6, 6.07) is 9.42. The molecule has 1 fully saturated rings. The summed E-state index contributed by atoms with van der Waals surface area (Å²) in [5.41, 5.74) is 1.29. The predicted molar refractivity (Wildman–Crippen MR) is 101 cm³/mol. The minimum atomic E-state index is -0.223. The summed E-state index contributed by atoms with van der Waals surface area (Å²) in [6.07, 6.45) is 4.93. The Morgan fingerprint density at radius 2 is 2.04 bits per heavy atom. The van der Waals surface area contributed by atoms with Crippen molar-refractivity contribution in [2.24, 2.45) is 5.92 Å². The van der Waals surface area contributed by atoms with Crippen molar-refractivity contribution in [2.75, 3.05) is 18.4 Å². The number of anilines is 1. The van der Waals surface area contributed by atoms with E-state index in [2.05, 4.69) is 15.3 Å². The van der Waals surface area contributed by atoms with Crippen LogP contribution in [0.2, 0.25) is 0 Å². The van der Waals surface area contributed by atoms with Gasteiger partial charge in [0.15, 0.2) is 5.13 Å². The van der Waals surface area contributed by atoms with Crippen molar-refractivity contribution < 1.29 is 9.59 Å². The zero-order chi connectivity index (χ0) is 17.9. The zero-order valence-electron chi connectivity index (χ0n) is 14.1. The molecule has 2 aromatic heterocycles. The van der Waals surface area contributed by atoms with E-state index in [0.717, 1.165) is 18.2 Å². The monoisotopic (exact) mass is 366 g/mol. The maximum Gasteiger partial charge on any atom is 0.256 e. The van der Waals surface area contributed by atoms with E-state index < -0.39 is 0 Å². The smallest absolute Gasteiger partial charge is 0.256 e. The third kappa shape index (κ3) is 3.30. The largest absolute Gasteiger partial charge is 0.338 e. The molecule has 1 atom stereocenters. The summed E-state index contributed by atoms with van der Waals surface area (Å²) in [7, 11) is 0. The van der Waals surface area contributed by atoms with Crippen molar-refractivity contribution >= 4 is 39.2 Å². The molecule has 4 rings (SSSR count). The Hall–Kier alpha value is -2.80. The second-order valence-electron chi connectivity index (χ2n) is 6.30. The molecule has 1 aromatic carbocycles. The number of aromatic nitrogens is 2. The molecule has 0 saturated carbocycles. The first-order valence-corrected chi connectivity index (χ1v) is 9.44. The Bertz CT molecular complexity index is 936. The summed E-state index contributed by atoms with van der Waals surface area (Å²) in [4.78, 5) is 35.7. The van der Waals surface area contributed by atoms with Crippen LogP contribution in [0.15, 0.2) is 48.1 Å². The van der Waals surface area contributed by atoms with Gasteiger partial charge in [-0.1, -0.05) is 18.2 Å². The lowest BCUT2D eigenvalue weighted by atomic mass is 9.96. The summed E-state index contributed by atoms with van der Waals surface area (Å²) in [5.74, 6) is -0.367. The highest BCUT2D eigenvalue weighted by molar-refractivity contribution is 7.13. The molecule has 3 heterocycles. The van der Waals surface area contributed by atoms with Crippen molar-refractivity contribution in [3.63, 3.8) is 0 Å². The first-order chi connectivity index (χ1) is 12.7. The van der Waals surface area contributed by atoms with Crippen LogP contribution >= 0.6 is 11.3 Å². The Morgan fingerprint density at radius 1 is 1.15 bits per heavy atom. The molecule has 26 heavy (non-hydrogen) atoms. The summed E-state index contributed by atoms with van der Waals surface area (Å²) < 4.78 is 0. The minimum Gasteiger partial charge on any atom is -0.338 e. The highest BCUT2D eigenvalue weighted by Crippen LogP contribution is 2.23. The number of carbonyl (C=O) groups is 2. The molecule has 1 N–H and O–H groups in total. The lowest BCUT2D eigenvalue weighted by molar-refractivity contribution is -0.121. The maximum absolute atomic E-state index is 13.0. The standard InChI is InChI=1S/C19H18N4O2S/c24-17(22-19-21-9-11-26-19)14-6-3-10-23(12-14)18(25)15-7-1-4-13-5-2-8-20-16(13)15/h1-2,4-5,7-9,11,14H,3,6,10,12H2,(H,21,22,24)/t14-/m1/s1. The Balaban J connectivity index is 1.52. The molecule has 1 saturated heterocycles. The van der Waals surface area contributed by atoms with Gasteiger partial charge < -0.3 is 10.2 Å². The van der Waals surface area contributed by atoms with Crippen LogP contribution in [-0.2, 0) is 4.79 Å². The van der Waals surface area contributed by atoms with Crippen LogP contribution in [0.3, 0.4) is 0 Å². The van der Waals surface area contributed by atoms with Crippen molar-refractivity contribution in [3.05, 3.63) is 53.7 Å². The SMILES string of the molecule is O=C(Nc1nccs1)[C@@H]1CCCN(C(=O)c2cccc3cccnc23)C1. The third-order valence-corrected chi connectivity index (χ3v) is 5.29. The van der Waals surface area contributed by atoms with Crippen molar-refractivity contribution in [2.45, 2.75) is 12.8 Å². The summed E-state index contributed by atoms with van der Waals surface area (Å²) >= 11 is 1.39. The highest BCUT2D eigenvalue weighted by atomic mass is 32.1. The van der Waals surface area contributed by atoms with Gasteiger partial charge in [0.2, 0.25) is 5.91 Å². The van der Waals surface area contributed by atoms with Crippen molar-refractivity contribution in [1.82, 2.24) is 14.9 Å². The van der Waals surface area contributed by atoms with Gasteiger partial charge in [-0.2, -0.15) is 0 Å². The lowest BCUT2D eigenvalue weighted by Gasteiger charge is -2.32. The van der Waals surface area contributed by atoms with E-state index in [1.807, 2.05) is 29.6 Å². The van der Waals surface area contributed by atoms with Crippen LogP contribution < -0.4 is 5.32 Å². The molecule has 0 unspecified atom stereocenters. The number of para-hydroxylation sites is 1. The lowest BCUT2D eigenvalue weighted by Crippen LogP contribution is -2.43. The van der Waals surface area contributed by atoms with E-state index in [9.17, 15) is 9.59 Å². The van der Waals surface area contributed by atoms with Crippen molar-refractivity contribution in [3.8, 4) is 0 Å². The Morgan fingerprint density at radius 3 is 2.88 bits per heavy atom. The first-order valence-electron chi connectivity index (χ1n) is 8.56. The van der Waals surface area contributed by atoms with Gasteiger partial charge in [0.05, 0.1) is 17.0 Å². The van der Waals surface area contributed by atoms with Crippen molar-refractivity contribution in [1.29, 1.82) is 0 Å². The van der Waals surface area contributed by atoms with E-state index in [0.29, 0.717) is 29.3 Å². The molecule has 3 aromatic rings. The third-order valence-electron chi connectivity index (χ3n) is 4.60. The number of thiazole rings is 1. The van der Waals surface area contributed by atoms with Gasteiger partial charge in [-0.05, 0) is 25.0 Å². The van der Waals surface area contributed by atoms with Gasteiger partial charge in [-0.3, -0.25) is 14.6 Å². The molecule has 1 aliphatic rings. The van der Waals surface area contributed by atoms with Gasteiger partial charge in [-0.25, -0.2) is 4.98 Å². The molecule has 6 nitrogen and oxygen atoms in total. The average molecular weight is 366 g/mol. The topological polar surface area (TPSA) is 75.2 Å². The number of pyridine rings is 1. The second-order valence-corrected chi connectivity index (χ2v) is 7.19. The number of amides is 2. The van der Waals surface area contributed by atoms with Gasteiger partial charge in [0.25, 0.3) is 5.91 Å². The van der Waals surface area contributed by atoms with E-state index in [1.165, 1.54) is 11.3 Å². The fourth-order valence-corrected chi connectivity index (χ4v) is 3.85. The highest BCUT2D eigenvalue weighted by Gasteiger charge is 2.30. The van der Waals surface area contributed by atoms with E-state index in [1.54, 1.807) is 23.4 Å². The van der Waals surface area contributed by atoms with Gasteiger partial charge >= 0.3 is 0 Å². The Labute approximate surface area is 154 Å². The zero-order valence-corrected chi connectivity index (χ0v) is 14.9. The van der Waals surface area contributed by atoms with E-state index in [-0.39, 0.29) is 17.7 Å². The first kappa shape index (κ1) is 16.7. The predicted octanol–water partition coefficient (Wildman–Crippen LogP) is 3.18. The number of nitrogens with zero attached hydrogens (tertiary/aromatic N) is 3. The van der Waals surface area contributed by atoms with Crippen LogP contribution in [-0.4, -0.2) is 39.8 Å². The molecule has 0 spiro atoms. The number of hydrogen-bond donors (Lipinski definition) is 1. The molecule has 2 amide bonds. The number of fused-ring (bicyclic) bond motifs is 1. The van der Waals surface area contributed by atoms with Crippen LogP contribution in [0.4, 0.5) is 5.13 Å². The summed E-state index contributed by atoms with van der Waals surface area (Å²) in [5, 5.41) is 6.19. The molecule has 7 heteroatoms. The van der Waals surface area contributed by atoms with Crippen LogP contribution in [0.5, 0.6) is 0 Å². The molecule has 0 aliphatic carbocycles.